The molecule has 0 saturated heterocycles. The zero-order chi connectivity index (χ0) is 13.1. The first-order chi connectivity index (χ1) is 8.61. The monoisotopic (exact) mass is 267 g/mol. The Morgan fingerprint density at radius 1 is 1.33 bits per heavy atom. The second kappa shape index (κ2) is 5.72. The number of benzene rings is 1. The van der Waals surface area contributed by atoms with Crippen LogP contribution in [0.1, 0.15) is 36.0 Å². The molecule has 0 bridgehead atoms. The van der Waals surface area contributed by atoms with E-state index in [-0.39, 0.29) is 17.7 Å². The first-order valence-corrected chi connectivity index (χ1v) is 6.63. The maximum absolute atomic E-state index is 12.3. The summed E-state index contributed by atoms with van der Waals surface area (Å²) in [5.74, 6) is 0.861. The number of ketones is 1. The van der Waals surface area contributed by atoms with Crippen molar-refractivity contribution in [1.82, 2.24) is 0 Å². The van der Waals surface area contributed by atoms with Gasteiger partial charge in [-0.3, -0.25) is 4.79 Å². The van der Waals surface area contributed by atoms with E-state index in [1.165, 1.54) is 0 Å². The van der Waals surface area contributed by atoms with Crippen LogP contribution in [0, 0.1) is 5.92 Å². The van der Waals surface area contributed by atoms with E-state index in [1.807, 2.05) is 0 Å². The molecule has 1 aromatic carbocycles. The Kier molecular flexibility index (Phi) is 4.25. The molecule has 0 amide bonds. The number of rotatable bonds is 3. The summed E-state index contributed by atoms with van der Waals surface area (Å²) in [5, 5.41) is 0.482. The van der Waals surface area contributed by atoms with Gasteiger partial charge in [-0.15, -0.1) is 0 Å². The highest BCUT2D eigenvalue weighted by atomic mass is 35.5. The zero-order valence-electron chi connectivity index (χ0n) is 10.5. The lowest BCUT2D eigenvalue weighted by Crippen LogP contribution is -2.29. The average molecular weight is 268 g/mol. The molecule has 98 valence electrons. The van der Waals surface area contributed by atoms with Gasteiger partial charge in [0.2, 0.25) is 0 Å². The van der Waals surface area contributed by atoms with Crippen molar-refractivity contribution < 1.29 is 9.53 Å². The molecule has 1 fully saturated rings. The van der Waals surface area contributed by atoms with Crippen LogP contribution in [0.2, 0.25) is 5.02 Å². The van der Waals surface area contributed by atoms with Gasteiger partial charge in [-0.05, 0) is 43.9 Å². The summed E-state index contributed by atoms with van der Waals surface area (Å²) in [6.45, 7) is 0. The third-order valence-electron chi connectivity index (χ3n) is 3.58. The first kappa shape index (κ1) is 13.4. The third-order valence-corrected chi connectivity index (χ3v) is 3.87. The predicted molar refractivity (Wildman–Crippen MR) is 72.3 cm³/mol. The molecule has 3 nitrogen and oxygen atoms in total. The molecular weight excluding hydrogens is 250 g/mol. The van der Waals surface area contributed by atoms with Crippen LogP contribution < -0.4 is 10.5 Å². The van der Waals surface area contributed by atoms with Crippen molar-refractivity contribution in [3.63, 3.8) is 0 Å². The van der Waals surface area contributed by atoms with Gasteiger partial charge in [0.05, 0.1) is 12.1 Å². The van der Waals surface area contributed by atoms with Crippen LogP contribution in [-0.4, -0.2) is 18.9 Å². The molecule has 1 aliphatic rings. The second-order valence-corrected chi connectivity index (χ2v) is 5.23. The summed E-state index contributed by atoms with van der Waals surface area (Å²) >= 11 is 6.04. The molecule has 0 unspecified atom stereocenters. The van der Waals surface area contributed by atoms with Gasteiger partial charge in [-0.1, -0.05) is 11.6 Å². The van der Waals surface area contributed by atoms with Crippen molar-refractivity contribution in [3.05, 3.63) is 28.8 Å². The van der Waals surface area contributed by atoms with E-state index in [4.69, 9.17) is 22.1 Å². The molecule has 0 heterocycles. The molecule has 1 aromatic rings. The standard InChI is InChI=1S/C14H18ClNO2/c1-18-13-7-4-10(8-12(13)15)14(17)9-2-5-11(16)6-3-9/h4,7-9,11H,2-3,5-6,16H2,1H3. The van der Waals surface area contributed by atoms with Crippen molar-refractivity contribution in [3.8, 4) is 5.75 Å². The summed E-state index contributed by atoms with van der Waals surface area (Å²) in [5.41, 5.74) is 6.52. The molecule has 0 radical (unpaired) electrons. The zero-order valence-corrected chi connectivity index (χ0v) is 11.2. The molecular formula is C14H18ClNO2. The van der Waals surface area contributed by atoms with Crippen molar-refractivity contribution in [1.29, 1.82) is 0 Å². The normalized spacial score (nSPS) is 23.7. The summed E-state index contributed by atoms with van der Waals surface area (Å²) in [4.78, 5) is 12.3. The maximum atomic E-state index is 12.3. The number of ether oxygens (including phenoxy) is 1. The van der Waals surface area contributed by atoms with Crippen LogP contribution in [0.25, 0.3) is 0 Å². The van der Waals surface area contributed by atoms with E-state index in [0.29, 0.717) is 16.3 Å². The molecule has 1 saturated carbocycles. The Balaban J connectivity index is 2.11. The summed E-state index contributed by atoms with van der Waals surface area (Å²) < 4.78 is 5.08. The number of hydrogen-bond donors (Lipinski definition) is 1. The van der Waals surface area contributed by atoms with Crippen LogP contribution >= 0.6 is 11.6 Å². The minimum Gasteiger partial charge on any atom is -0.495 e. The molecule has 4 heteroatoms. The number of carbonyl (C=O) groups is 1. The van der Waals surface area contributed by atoms with Crippen molar-refractivity contribution in [2.24, 2.45) is 11.7 Å². The van der Waals surface area contributed by atoms with Crippen LogP contribution in [-0.2, 0) is 0 Å². The number of hydrogen-bond acceptors (Lipinski definition) is 3. The Hall–Kier alpha value is -1.06. The third kappa shape index (κ3) is 2.85. The van der Waals surface area contributed by atoms with Crippen LogP contribution in [0.15, 0.2) is 18.2 Å². The lowest BCUT2D eigenvalue weighted by Gasteiger charge is -2.25. The first-order valence-electron chi connectivity index (χ1n) is 6.25. The van der Waals surface area contributed by atoms with Gasteiger partial charge in [0.15, 0.2) is 5.78 Å². The van der Waals surface area contributed by atoms with Crippen molar-refractivity contribution in [2.45, 2.75) is 31.7 Å². The lowest BCUT2D eigenvalue weighted by molar-refractivity contribution is 0.0884. The Bertz CT molecular complexity index is 439. The number of carbonyl (C=O) groups excluding carboxylic acids is 1. The SMILES string of the molecule is COc1ccc(C(=O)C2CCC(N)CC2)cc1Cl. The smallest absolute Gasteiger partial charge is 0.165 e. The largest absolute Gasteiger partial charge is 0.495 e. The molecule has 2 rings (SSSR count). The van der Waals surface area contributed by atoms with Gasteiger partial charge < -0.3 is 10.5 Å². The lowest BCUT2D eigenvalue weighted by atomic mass is 9.82. The van der Waals surface area contributed by atoms with Gasteiger partial charge in [-0.25, -0.2) is 0 Å². The second-order valence-electron chi connectivity index (χ2n) is 4.83. The van der Waals surface area contributed by atoms with Gasteiger partial charge in [-0.2, -0.15) is 0 Å². The average Bonchev–Trinajstić information content (AvgIpc) is 2.38. The minimum atomic E-state index is 0.0919. The fourth-order valence-corrected chi connectivity index (χ4v) is 2.69. The molecule has 0 atom stereocenters. The topological polar surface area (TPSA) is 52.3 Å². The van der Waals surface area contributed by atoms with Gasteiger partial charge >= 0.3 is 0 Å². The Morgan fingerprint density at radius 2 is 2.00 bits per heavy atom. The van der Waals surface area contributed by atoms with E-state index < -0.39 is 0 Å². The fourth-order valence-electron chi connectivity index (χ4n) is 2.44. The van der Waals surface area contributed by atoms with E-state index in [2.05, 4.69) is 0 Å². The highest BCUT2D eigenvalue weighted by molar-refractivity contribution is 6.32. The molecule has 0 aromatic heterocycles. The van der Waals surface area contributed by atoms with Crippen molar-refractivity contribution in [2.75, 3.05) is 7.11 Å². The van der Waals surface area contributed by atoms with Crippen LogP contribution in [0.5, 0.6) is 5.75 Å². The molecule has 0 aliphatic heterocycles. The number of halogens is 1. The maximum Gasteiger partial charge on any atom is 0.165 e. The van der Waals surface area contributed by atoms with E-state index in [9.17, 15) is 4.79 Å². The van der Waals surface area contributed by atoms with Gasteiger partial charge in [0.1, 0.15) is 5.75 Å². The van der Waals surface area contributed by atoms with E-state index >= 15 is 0 Å². The van der Waals surface area contributed by atoms with Crippen LogP contribution in [0.4, 0.5) is 0 Å². The fraction of sp³-hybridized carbons (Fsp3) is 0.500. The Morgan fingerprint density at radius 3 is 2.56 bits per heavy atom. The number of methoxy groups -OCH3 is 1. The van der Waals surface area contributed by atoms with E-state index in [1.54, 1.807) is 25.3 Å². The Labute approximate surface area is 112 Å². The van der Waals surface area contributed by atoms with Gasteiger partial charge in [0, 0.05) is 17.5 Å². The summed E-state index contributed by atoms with van der Waals surface area (Å²) in [7, 11) is 1.56. The van der Waals surface area contributed by atoms with E-state index in [0.717, 1.165) is 25.7 Å². The molecule has 2 N–H and O–H groups in total. The molecule has 18 heavy (non-hydrogen) atoms. The van der Waals surface area contributed by atoms with Crippen molar-refractivity contribution >= 4 is 17.4 Å². The number of nitrogens with two attached hydrogens (primary N) is 1. The molecule has 1 aliphatic carbocycles. The molecule has 0 spiro atoms. The predicted octanol–water partition coefficient (Wildman–Crippen LogP) is 3.05. The minimum absolute atomic E-state index is 0.0919. The summed E-state index contributed by atoms with van der Waals surface area (Å²) in [6, 6.07) is 5.47. The van der Waals surface area contributed by atoms with Gasteiger partial charge in [0.25, 0.3) is 0 Å². The summed E-state index contributed by atoms with van der Waals surface area (Å²) in [6.07, 6.45) is 3.62. The quantitative estimate of drug-likeness (QED) is 0.857. The highest BCUT2D eigenvalue weighted by Gasteiger charge is 2.25. The highest BCUT2D eigenvalue weighted by Crippen LogP contribution is 2.30. The number of Topliss-reactive ketones (excluding diaryl/α,β-unsaturated/α-hetero) is 1. The van der Waals surface area contributed by atoms with Crippen LogP contribution in [0.3, 0.4) is 0 Å².